The Morgan fingerprint density at radius 2 is 2.20 bits per heavy atom. The van der Waals surface area contributed by atoms with Gasteiger partial charge in [-0.05, 0) is 5.53 Å². The molecule has 56 valence electrons. The van der Waals surface area contributed by atoms with Crippen LogP contribution in [0.3, 0.4) is 0 Å². The van der Waals surface area contributed by atoms with E-state index in [4.69, 9.17) is 10.6 Å². The van der Waals surface area contributed by atoms with Gasteiger partial charge in [0.15, 0.2) is 0 Å². The van der Waals surface area contributed by atoms with Crippen LogP contribution < -0.4 is 4.72 Å². The predicted molar refractivity (Wildman–Crippen MR) is 29.2 cm³/mol. The molecule has 0 unspecified atom stereocenters. The van der Waals surface area contributed by atoms with Gasteiger partial charge in [0.25, 0.3) is 0 Å². The molecule has 0 spiro atoms. The van der Waals surface area contributed by atoms with Crippen LogP contribution in [0.2, 0.25) is 0 Å². The first-order valence-electron chi connectivity index (χ1n) is 1.80. The molecule has 0 radical (unpaired) electrons. The molecule has 0 aliphatic rings. The Labute approximate surface area is 55.3 Å². The van der Waals surface area contributed by atoms with Crippen molar-refractivity contribution in [1.29, 1.82) is 0 Å². The minimum Gasteiger partial charge on any atom is -0.464 e. The molecular weight excluding hydrogens is 164 g/mol. The van der Waals surface area contributed by atoms with Crippen molar-refractivity contribution >= 4 is 16.3 Å². The number of carboxylic acid groups (broad SMARTS) is 1. The summed E-state index contributed by atoms with van der Waals surface area (Å²) in [6, 6.07) is 0. The summed E-state index contributed by atoms with van der Waals surface area (Å²) in [6.45, 7) is 0. The van der Waals surface area contributed by atoms with Gasteiger partial charge in [0, 0.05) is 4.91 Å². The van der Waals surface area contributed by atoms with Crippen molar-refractivity contribution in [2.45, 2.75) is 0 Å². The molecule has 9 heteroatoms. The van der Waals surface area contributed by atoms with E-state index in [1.54, 1.807) is 0 Å². The second kappa shape index (κ2) is 2.90. The summed E-state index contributed by atoms with van der Waals surface area (Å²) in [4.78, 5) is 11.5. The van der Waals surface area contributed by atoms with Crippen LogP contribution in [0.1, 0.15) is 0 Å². The Kier molecular flexibility index (Phi) is 2.47. The van der Waals surface area contributed by atoms with Crippen molar-refractivity contribution in [2.24, 2.45) is 4.52 Å². The highest BCUT2D eigenvalue weighted by Gasteiger charge is 2.08. The van der Waals surface area contributed by atoms with Gasteiger partial charge in [0.2, 0.25) is 0 Å². The van der Waals surface area contributed by atoms with E-state index in [2.05, 4.69) is 4.52 Å². The summed E-state index contributed by atoms with van der Waals surface area (Å²) in [5, 5.41) is 7.80. The number of hydrogen-bond donors (Lipinski definition) is 2. The first-order chi connectivity index (χ1) is 4.48. The summed E-state index contributed by atoms with van der Waals surface area (Å²) in [5.41, 5.74) is 7.56. The van der Waals surface area contributed by atoms with Crippen LogP contribution >= 0.6 is 0 Å². The van der Waals surface area contributed by atoms with Gasteiger partial charge in [-0.2, -0.15) is 8.42 Å². The van der Waals surface area contributed by atoms with Crippen molar-refractivity contribution in [3.05, 3.63) is 10.4 Å². The smallest absolute Gasteiger partial charge is 0.418 e. The average Bonchev–Trinajstić information content (AvgIpc) is 1.59. The molecule has 10 heavy (non-hydrogen) atoms. The second-order valence-electron chi connectivity index (χ2n) is 1.05. The quantitative estimate of drug-likeness (QED) is 0.334. The van der Waals surface area contributed by atoms with Gasteiger partial charge in [-0.25, -0.2) is 9.52 Å². The lowest BCUT2D eigenvalue weighted by atomic mass is 11.3. The third kappa shape index (κ3) is 3.52. The minimum atomic E-state index is -4.37. The predicted octanol–water partition coefficient (Wildman–Crippen LogP) is -0.191. The summed E-state index contributed by atoms with van der Waals surface area (Å²) >= 11 is 0. The molecule has 0 aliphatic heterocycles. The summed E-state index contributed by atoms with van der Waals surface area (Å²) in [7, 11) is -4.37. The zero-order valence-corrected chi connectivity index (χ0v) is 5.24. The fourth-order valence-electron chi connectivity index (χ4n) is 0.179. The number of nitrogens with zero attached hydrogens (tertiary/aromatic N) is 3. The molecule has 0 rings (SSSR count). The van der Waals surface area contributed by atoms with Crippen LogP contribution in [-0.2, 0) is 10.2 Å². The largest absolute Gasteiger partial charge is 0.464 e. The van der Waals surface area contributed by atoms with Gasteiger partial charge in [0.05, 0.1) is 4.52 Å². The molecule has 0 aromatic carbocycles. The van der Waals surface area contributed by atoms with Crippen LogP contribution in [-0.4, -0.2) is 19.6 Å². The van der Waals surface area contributed by atoms with Gasteiger partial charge in [-0.15, -0.1) is 0 Å². The molecule has 2 N–H and O–H groups in total. The lowest BCUT2D eigenvalue weighted by Gasteiger charge is -1.91. The van der Waals surface area contributed by atoms with E-state index in [-0.39, 0.29) is 0 Å². The number of azide groups is 1. The highest BCUT2D eigenvalue weighted by atomic mass is 32.2. The minimum absolute atomic E-state index is 0.988. The second-order valence-corrected chi connectivity index (χ2v) is 2.37. The lowest BCUT2D eigenvalue weighted by molar-refractivity contribution is 0.201. The third-order valence-electron chi connectivity index (χ3n) is 0.360. The third-order valence-corrected chi connectivity index (χ3v) is 1.08. The molecule has 0 aromatic rings. The number of rotatable bonds is 2. The molecule has 0 saturated heterocycles. The fourth-order valence-corrected chi connectivity index (χ4v) is 0.536. The Hall–Kier alpha value is -1.47. The standard InChI is InChI=1S/CH2N4O4S/c2-4-5-10(8,9)3-1(6)7/h3H,(H,6,7). The maximum Gasteiger partial charge on any atom is 0.418 e. The molecule has 0 aromatic heterocycles. The zero-order valence-electron chi connectivity index (χ0n) is 4.42. The van der Waals surface area contributed by atoms with Gasteiger partial charge >= 0.3 is 16.3 Å². The number of hydrogen-bond acceptors (Lipinski definition) is 3. The van der Waals surface area contributed by atoms with E-state index in [0.717, 1.165) is 4.72 Å². The van der Waals surface area contributed by atoms with Crippen LogP contribution in [0.4, 0.5) is 4.79 Å². The van der Waals surface area contributed by atoms with E-state index in [0.29, 0.717) is 0 Å². The van der Waals surface area contributed by atoms with Crippen LogP contribution in [0, 0.1) is 0 Å². The highest BCUT2D eigenvalue weighted by molar-refractivity contribution is 7.88. The van der Waals surface area contributed by atoms with Crippen molar-refractivity contribution in [3.63, 3.8) is 0 Å². The number of carbonyl (C=O) groups is 1. The van der Waals surface area contributed by atoms with Crippen molar-refractivity contribution in [2.75, 3.05) is 0 Å². The first kappa shape index (κ1) is 8.53. The van der Waals surface area contributed by atoms with Crippen molar-refractivity contribution in [3.8, 4) is 0 Å². The van der Waals surface area contributed by atoms with E-state index >= 15 is 0 Å². The van der Waals surface area contributed by atoms with E-state index in [1.807, 2.05) is 4.91 Å². The van der Waals surface area contributed by atoms with Gasteiger partial charge in [0.1, 0.15) is 0 Å². The molecule has 0 heterocycles. The Bertz CT molecular complexity index is 272. The molecule has 0 bridgehead atoms. The molecule has 0 aliphatic carbocycles. The van der Waals surface area contributed by atoms with Crippen molar-refractivity contribution < 1.29 is 18.3 Å². The van der Waals surface area contributed by atoms with Crippen LogP contribution in [0.15, 0.2) is 4.52 Å². The number of amides is 1. The van der Waals surface area contributed by atoms with Gasteiger partial charge in [-0.3, -0.25) is 0 Å². The molecule has 0 atom stereocenters. The molecule has 0 fully saturated rings. The maximum atomic E-state index is 10.1. The Morgan fingerprint density at radius 3 is 2.50 bits per heavy atom. The molecular formula is CH2N4O4S. The molecule has 8 nitrogen and oxygen atoms in total. The Morgan fingerprint density at radius 1 is 1.70 bits per heavy atom. The highest BCUT2D eigenvalue weighted by Crippen LogP contribution is 1.84. The molecule has 0 saturated carbocycles. The summed E-state index contributed by atoms with van der Waals surface area (Å²) in [6.07, 6.45) is -1.80. The monoisotopic (exact) mass is 166 g/mol. The van der Waals surface area contributed by atoms with Gasteiger partial charge < -0.3 is 5.11 Å². The van der Waals surface area contributed by atoms with Crippen LogP contribution in [0.5, 0.6) is 0 Å². The number of nitrogens with one attached hydrogen (secondary N) is 1. The van der Waals surface area contributed by atoms with E-state index in [9.17, 15) is 13.2 Å². The Balaban J connectivity index is 4.45. The fraction of sp³-hybridized carbons (Fsp3) is 0. The average molecular weight is 166 g/mol. The SMILES string of the molecule is [N-]=[N+]=NS(=O)(=O)NC(=O)O. The maximum absolute atomic E-state index is 10.1. The topological polar surface area (TPSA) is 132 Å². The summed E-state index contributed by atoms with van der Waals surface area (Å²) in [5.74, 6) is 0. The normalized spacial score (nSPS) is 9.60. The lowest BCUT2D eigenvalue weighted by Crippen LogP contribution is -2.26. The van der Waals surface area contributed by atoms with Crippen LogP contribution in [0.25, 0.3) is 10.4 Å². The van der Waals surface area contributed by atoms with E-state index in [1.165, 1.54) is 0 Å². The zero-order chi connectivity index (χ0) is 8.20. The first-order valence-corrected chi connectivity index (χ1v) is 3.24. The van der Waals surface area contributed by atoms with Crippen molar-refractivity contribution in [1.82, 2.24) is 4.72 Å². The molecule has 1 amide bonds. The van der Waals surface area contributed by atoms with Gasteiger partial charge in [-0.1, -0.05) is 0 Å². The van der Waals surface area contributed by atoms with E-state index < -0.39 is 16.3 Å². The summed E-state index contributed by atoms with van der Waals surface area (Å²) < 4.78 is 23.4.